The van der Waals surface area contributed by atoms with Crippen LogP contribution in [0, 0.1) is 0 Å². The maximum absolute atomic E-state index is 12.3. The fourth-order valence-electron chi connectivity index (χ4n) is 3.42. The van der Waals surface area contributed by atoms with E-state index in [-0.39, 0.29) is 17.6 Å². The molecule has 0 bridgehead atoms. The Morgan fingerprint density at radius 3 is 2.66 bits per heavy atom. The lowest BCUT2D eigenvalue weighted by molar-refractivity contribution is -0.113. The molecule has 154 valence electrons. The van der Waals surface area contributed by atoms with Crippen molar-refractivity contribution < 1.29 is 14.3 Å². The molecule has 29 heavy (non-hydrogen) atoms. The van der Waals surface area contributed by atoms with Crippen LogP contribution in [0.25, 0.3) is 0 Å². The molecular formula is C21H26N4O3S. The Morgan fingerprint density at radius 2 is 2.00 bits per heavy atom. The summed E-state index contributed by atoms with van der Waals surface area (Å²) in [6.07, 6.45) is 6.57. The van der Waals surface area contributed by atoms with E-state index in [9.17, 15) is 9.59 Å². The first-order chi connectivity index (χ1) is 14.1. The number of carbonyl (C=O) groups excluding carboxylic acids is 2. The molecule has 1 aliphatic carbocycles. The van der Waals surface area contributed by atoms with Crippen molar-refractivity contribution in [1.82, 2.24) is 14.8 Å². The fraction of sp³-hybridized carbons (Fsp3) is 0.429. The number of thioether (sulfide) groups is 1. The number of hydrogen-bond acceptors (Lipinski definition) is 6. The van der Waals surface area contributed by atoms with Gasteiger partial charge in [-0.3, -0.25) is 4.79 Å². The molecule has 0 unspecified atom stereocenters. The van der Waals surface area contributed by atoms with Crippen molar-refractivity contribution in [2.45, 2.75) is 50.2 Å². The summed E-state index contributed by atoms with van der Waals surface area (Å²) in [5.41, 5.74) is 1.08. The zero-order chi connectivity index (χ0) is 20.6. The Kier molecular flexibility index (Phi) is 7.46. The second-order valence-corrected chi connectivity index (χ2v) is 7.80. The van der Waals surface area contributed by atoms with Crippen LogP contribution in [0.1, 0.15) is 54.7 Å². The lowest BCUT2D eigenvalue weighted by atomic mass is 10.1. The molecule has 1 aromatic heterocycles. The van der Waals surface area contributed by atoms with Crippen molar-refractivity contribution in [3.05, 3.63) is 48.3 Å². The molecule has 0 aliphatic heterocycles. The van der Waals surface area contributed by atoms with Crippen LogP contribution in [0.15, 0.2) is 42.1 Å². The summed E-state index contributed by atoms with van der Waals surface area (Å²) in [5, 5.41) is 12.3. The zero-order valence-corrected chi connectivity index (χ0v) is 17.4. The summed E-state index contributed by atoms with van der Waals surface area (Å²) in [7, 11) is 0. The number of carbonyl (C=O) groups is 2. The average molecular weight is 415 g/mol. The first-order valence-electron chi connectivity index (χ1n) is 9.86. The highest BCUT2D eigenvalue weighted by Crippen LogP contribution is 2.34. The third kappa shape index (κ3) is 5.47. The van der Waals surface area contributed by atoms with E-state index < -0.39 is 0 Å². The number of esters is 1. The molecule has 1 saturated carbocycles. The molecule has 8 heteroatoms. The van der Waals surface area contributed by atoms with E-state index in [1.807, 2.05) is 6.08 Å². The van der Waals surface area contributed by atoms with Gasteiger partial charge in [0.25, 0.3) is 0 Å². The highest BCUT2D eigenvalue weighted by Gasteiger charge is 2.24. The molecule has 0 radical (unpaired) electrons. The zero-order valence-electron chi connectivity index (χ0n) is 16.6. The summed E-state index contributed by atoms with van der Waals surface area (Å²) in [5.74, 6) is 1.15. The molecule has 0 saturated heterocycles. The van der Waals surface area contributed by atoms with Gasteiger partial charge in [0.2, 0.25) is 5.91 Å². The van der Waals surface area contributed by atoms with Gasteiger partial charge in [0.1, 0.15) is 5.82 Å². The maximum Gasteiger partial charge on any atom is 0.338 e. The Balaban J connectivity index is 1.57. The van der Waals surface area contributed by atoms with Gasteiger partial charge >= 0.3 is 5.97 Å². The van der Waals surface area contributed by atoms with Gasteiger partial charge in [0.05, 0.1) is 17.9 Å². The van der Waals surface area contributed by atoms with Crippen LogP contribution in [0.4, 0.5) is 5.69 Å². The first-order valence-corrected chi connectivity index (χ1v) is 10.8. The second-order valence-electron chi connectivity index (χ2n) is 6.86. The molecule has 2 aromatic rings. The number of nitrogens with zero attached hydrogens (tertiary/aromatic N) is 3. The summed E-state index contributed by atoms with van der Waals surface area (Å²) < 4.78 is 7.02. The highest BCUT2D eigenvalue weighted by atomic mass is 32.2. The van der Waals surface area contributed by atoms with E-state index in [4.69, 9.17) is 4.74 Å². The normalized spacial score (nSPS) is 14.0. The molecule has 1 fully saturated rings. The minimum absolute atomic E-state index is 0.144. The molecule has 7 nitrogen and oxygen atoms in total. The molecular weight excluding hydrogens is 388 g/mol. The van der Waals surface area contributed by atoms with Gasteiger partial charge in [-0.25, -0.2) is 4.79 Å². The molecule has 3 rings (SSSR count). The molecule has 1 amide bonds. The molecule has 1 heterocycles. The van der Waals surface area contributed by atoms with Crippen molar-refractivity contribution in [3.63, 3.8) is 0 Å². The SMILES string of the molecule is C=CCn1c(SCC(=O)Nc2ccc(C(=O)OCC)cc2)nnc1C1CCCC1. The standard InChI is InChI=1S/C21H26N4O3S/c1-3-13-25-19(15-7-5-6-8-15)23-24-21(25)29-14-18(26)22-17-11-9-16(10-12-17)20(27)28-4-2/h3,9-12,15H,1,4-8,13-14H2,2H3,(H,22,26). The topological polar surface area (TPSA) is 86.1 Å². The van der Waals surface area contributed by atoms with E-state index in [0.717, 1.165) is 23.8 Å². The summed E-state index contributed by atoms with van der Waals surface area (Å²) >= 11 is 1.36. The van der Waals surface area contributed by atoms with Gasteiger partial charge in [0, 0.05) is 18.2 Å². The van der Waals surface area contributed by atoms with Gasteiger partial charge in [-0.05, 0) is 44.0 Å². The van der Waals surface area contributed by atoms with Crippen LogP contribution in [0.2, 0.25) is 0 Å². The van der Waals surface area contributed by atoms with Crippen LogP contribution in [-0.4, -0.2) is 39.0 Å². The van der Waals surface area contributed by atoms with Crippen LogP contribution < -0.4 is 5.32 Å². The van der Waals surface area contributed by atoms with Gasteiger partial charge in [-0.15, -0.1) is 16.8 Å². The van der Waals surface area contributed by atoms with Gasteiger partial charge in [-0.1, -0.05) is 30.7 Å². The highest BCUT2D eigenvalue weighted by molar-refractivity contribution is 7.99. The predicted octanol–water partition coefficient (Wildman–Crippen LogP) is 4.03. The number of benzene rings is 1. The number of rotatable bonds is 9. The van der Waals surface area contributed by atoms with E-state index in [2.05, 4.69) is 26.7 Å². The lowest BCUT2D eigenvalue weighted by Gasteiger charge is -2.12. The number of allylic oxidation sites excluding steroid dienone is 1. The molecule has 1 N–H and O–H groups in total. The van der Waals surface area contributed by atoms with Crippen molar-refractivity contribution in [2.75, 3.05) is 17.7 Å². The number of nitrogens with one attached hydrogen (secondary N) is 1. The molecule has 1 aromatic carbocycles. The quantitative estimate of drug-likeness (QED) is 0.379. The van der Waals surface area contributed by atoms with E-state index in [1.54, 1.807) is 31.2 Å². The van der Waals surface area contributed by atoms with Crippen molar-refractivity contribution in [3.8, 4) is 0 Å². The predicted molar refractivity (Wildman–Crippen MR) is 113 cm³/mol. The van der Waals surface area contributed by atoms with Crippen LogP contribution >= 0.6 is 11.8 Å². The number of amides is 1. The van der Waals surface area contributed by atoms with Crippen LogP contribution in [0.3, 0.4) is 0 Å². The van der Waals surface area contributed by atoms with Gasteiger partial charge in [-0.2, -0.15) is 0 Å². The monoisotopic (exact) mass is 414 g/mol. The smallest absolute Gasteiger partial charge is 0.338 e. The lowest BCUT2D eigenvalue weighted by Crippen LogP contribution is -2.15. The molecule has 0 spiro atoms. The largest absolute Gasteiger partial charge is 0.462 e. The number of ether oxygens (including phenoxy) is 1. The third-order valence-electron chi connectivity index (χ3n) is 4.79. The van der Waals surface area contributed by atoms with E-state index in [1.165, 1.54) is 24.6 Å². The van der Waals surface area contributed by atoms with Crippen molar-refractivity contribution >= 4 is 29.3 Å². The summed E-state index contributed by atoms with van der Waals surface area (Å²) in [6.45, 7) is 6.55. The number of anilines is 1. The van der Waals surface area contributed by atoms with E-state index >= 15 is 0 Å². The van der Waals surface area contributed by atoms with Crippen molar-refractivity contribution in [1.29, 1.82) is 0 Å². The summed E-state index contributed by atoms with van der Waals surface area (Å²) in [4.78, 5) is 24.0. The van der Waals surface area contributed by atoms with Crippen LogP contribution in [-0.2, 0) is 16.1 Å². The Morgan fingerprint density at radius 1 is 1.28 bits per heavy atom. The second kappa shape index (κ2) is 10.2. The number of hydrogen-bond donors (Lipinski definition) is 1. The van der Waals surface area contributed by atoms with Gasteiger partial charge < -0.3 is 14.6 Å². The van der Waals surface area contributed by atoms with Crippen molar-refractivity contribution in [2.24, 2.45) is 0 Å². The maximum atomic E-state index is 12.3. The van der Waals surface area contributed by atoms with Gasteiger partial charge in [0.15, 0.2) is 5.16 Å². The minimum atomic E-state index is -0.374. The molecule has 1 aliphatic rings. The number of aromatic nitrogens is 3. The molecule has 0 atom stereocenters. The average Bonchev–Trinajstić information content (AvgIpc) is 3.37. The third-order valence-corrected chi connectivity index (χ3v) is 5.76. The van der Waals surface area contributed by atoms with E-state index in [0.29, 0.717) is 30.3 Å². The first kappa shape index (κ1) is 21.1. The Hall–Kier alpha value is -2.61. The Bertz CT molecular complexity index is 857. The van der Waals surface area contributed by atoms with Crippen LogP contribution in [0.5, 0.6) is 0 Å². The summed E-state index contributed by atoms with van der Waals surface area (Å²) in [6, 6.07) is 6.64. The Labute approximate surface area is 174 Å². The minimum Gasteiger partial charge on any atom is -0.462 e. The fourth-order valence-corrected chi connectivity index (χ4v) is 4.18.